The maximum absolute atomic E-state index is 11.5. The van der Waals surface area contributed by atoms with E-state index < -0.39 is 5.76 Å². The predicted octanol–water partition coefficient (Wildman–Crippen LogP) is 1.03. The average Bonchev–Trinajstić information content (AvgIpc) is 2.76. The van der Waals surface area contributed by atoms with Gasteiger partial charge in [0.25, 0.3) is 0 Å². The normalized spacial score (nSPS) is 11.9. The fraction of sp³-hybridized carbons (Fsp3) is 0.556. The first-order valence-corrected chi connectivity index (χ1v) is 5.59. The number of aromatic nitrogens is 4. The summed E-state index contributed by atoms with van der Waals surface area (Å²) in [6, 6.07) is 0. The average molecular weight is 240 g/mol. The van der Waals surface area contributed by atoms with Crippen LogP contribution in [0.1, 0.15) is 31.5 Å². The first-order valence-electron chi connectivity index (χ1n) is 4.81. The van der Waals surface area contributed by atoms with Crippen LogP contribution in [-0.4, -0.2) is 19.3 Å². The highest BCUT2D eigenvalue weighted by atomic mass is 32.1. The van der Waals surface area contributed by atoms with Crippen LogP contribution in [0.3, 0.4) is 0 Å². The van der Waals surface area contributed by atoms with Gasteiger partial charge in [0.1, 0.15) is 0 Å². The third kappa shape index (κ3) is 2.04. The summed E-state index contributed by atoms with van der Waals surface area (Å²) in [6.07, 6.45) is 1.64. The van der Waals surface area contributed by atoms with Crippen LogP contribution in [-0.2, 0) is 12.0 Å². The van der Waals surface area contributed by atoms with E-state index in [1.54, 1.807) is 6.20 Å². The summed E-state index contributed by atoms with van der Waals surface area (Å²) in [4.78, 5) is 12.4. The molecule has 0 saturated heterocycles. The molecule has 16 heavy (non-hydrogen) atoms. The minimum absolute atomic E-state index is 0.232. The van der Waals surface area contributed by atoms with Crippen molar-refractivity contribution in [2.75, 3.05) is 0 Å². The van der Waals surface area contributed by atoms with E-state index in [1.165, 1.54) is 16.1 Å². The molecule has 6 nitrogen and oxygen atoms in total. The van der Waals surface area contributed by atoms with Gasteiger partial charge in [-0.2, -0.15) is 0 Å². The Balaban J connectivity index is 2.40. The SMILES string of the molecule is CC(C)(C)c1noc(=O)n1Cc1cnns1. The molecule has 2 rings (SSSR count). The van der Waals surface area contributed by atoms with E-state index in [-0.39, 0.29) is 5.41 Å². The van der Waals surface area contributed by atoms with Crippen LogP contribution in [0.5, 0.6) is 0 Å². The van der Waals surface area contributed by atoms with E-state index >= 15 is 0 Å². The molecule has 0 amide bonds. The van der Waals surface area contributed by atoms with Gasteiger partial charge >= 0.3 is 5.76 Å². The van der Waals surface area contributed by atoms with Gasteiger partial charge in [0.2, 0.25) is 0 Å². The Hall–Kier alpha value is -1.50. The first kappa shape index (κ1) is 11.0. The smallest absolute Gasteiger partial charge is 0.296 e. The molecule has 0 aliphatic rings. The zero-order valence-corrected chi connectivity index (χ0v) is 10.1. The van der Waals surface area contributed by atoms with Crippen molar-refractivity contribution in [3.05, 3.63) is 27.4 Å². The van der Waals surface area contributed by atoms with Gasteiger partial charge in [-0.1, -0.05) is 30.4 Å². The summed E-state index contributed by atoms with van der Waals surface area (Å²) in [5.41, 5.74) is -0.232. The third-order valence-corrected chi connectivity index (χ3v) is 2.72. The molecular formula is C9H12N4O2S. The lowest BCUT2D eigenvalue weighted by Gasteiger charge is -2.16. The van der Waals surface area contributed by atoms with Gasteiger partial charge < -0.3 is 0 Å². The van der Waals surface area contributed by atoms with Crippen molar-refractivity contribution in [1.82, 2.24) is 19.3 Å². The van der Waals surface area contributed by atoms with Crippen molar-refractivity contribution in [3.8, 4) is 0 Å². The lowest BCUT2D eigenvalue weighted by Crippen LogP contribution is -2.24. The fourth-order valence-electron chi connectivity index (χ4n) is 1.36. The van der Waals surface area contributed by atoms with Gasteiger partial charge in [-0.25, -0.2) is 4.79 Å². The minimum atomic E-state index is -0.446. The molecule has 7 heteroatoms. The van der Waals surface area contributed by atoms with Crippen molar-refractivity contribution in [3.63, 3.8) is 0 Å². The number of hydrogen-bond acceptors (Lipinski definition) is 6. The minimum Gasteiger partial charge on any atom is -0.296 e. The van der Waals surface area contributed by atoms with Crippen molar-refractivity contribution in [1.29, 1.82) is 0 Å². The van der Waals surface area contributed by atoms with E-state index in [1.807, 2.05) is 20.8 Å². The van der Waals surface area contributed by atoms with Gasteiger partial charge in [-0.05, 0) is 11.5 Å². The highest BCUT2D eigenvalue weighted by Gasteiger charge is 2.24. The molecule has 0 saturated carbocycles. The Kier molecular flexibility index (Phi) is 2.63. The lowest BCUT2D eigenvalue weighted by atomic mass is 9.96. The van der Waals surface area contributed by atoms with E-state index in [0.717, 1.165) is 4.88 Å². The molecule has 0 unspecified atom stereocenters. The zero-order valence-electron chi connectivity index (χ0n) is 9.30. The van der Waals surface area contributed by atoms with Crippen LogP contribution in [0.4, 0.5) is 0 Å². The Labute approximate surface area is 96.1 Å². The van der Waals surface area contributed by atoms with Crippen LogP contribution in [0.25, 0.3) is 0 Å². The Morgan fingerprint density at radius 1 is 1.50 bits per heavy atom. The van der Waals surface area contributed by atoms with E-state index in [2.05, 4.69) is 14.7 Å². The molecular weight excluding hydrogens is 228 g/mol. The Morgan fingerprint density at radius 2 is 2.25 bits per heavy atom. The van der Waals surface area contributed by atoms with E-state index in [0.29, 0.717) is 12.4 Å². The topological polar surface area (TPSA) is 73.8 Å². The largest absolute Gasteiger partial charge is 0.441 e. The summed E-state index contributed by atoms with van der Waals surface area (Å²) < 4.78 is 9.95. The van der Waals surface area contributed by atoms with Crippen molar-refractivity contribution in [2.24, 2.45) is 0 Å². The summed E-state index contributed by atoms with van der Waals surface area (Å²) in [7, 11) is 0. The second kappa shape index (κ2) is 3.82. The van der Waals surface area contributed by atoms with Gasteiger partial charge in [0.15, 0.2) is 5.82 Å². The molecule has 0 spiro atoms. The third-order valence-electron chi connectivity index (χ3n) is 2.08. The number of rotatable bonds is 2. The van der Waals surface area contributed by atoms with Gasteiger partial charge in [-0.15, -0.1) is 5.10 Å². The maximum Gasteiger partial charge on any atom is 0.441 e. The van der Waals surface area contributed by atoms with Crippen LogP contribution in [0, 0.1) is 0 Å². The molecule has 2 heterocycles. The lowest BCUT2D eigenvalue weighted by molar-refractivity contribution is 0.367. The number of nitrogens with zero attached hydrogens (tertiary/aromatic N) is 4. The summed E-state index contributed by atoms with van der Waals surface area (Å²) in [6.45, 7) is 6.34. The van der Waals surface area contributed by atoms with Crippen LogP contribution in [0.2, 0.25) is 0 Å². The highest BCUT2D eigenvalue weighted by molar-refractivity contribution is 7.05. The standard InChI is InChI=1S/C9H12N4O2S/c1-9(2,3)7-11-15-8(14)13(7)5-6-4-10-12-16-6/h4H,5H2,1-3H3. The van der Waals surface area contributed by atoms with Crippen LogP contribution < -0.4 is 5.76 Å². The number of hydrogen-bond donors (Lipinski definition) is 0. The summed E-state index contributed by atoms with van der Waals surface area (Å²) >= 11 is 1.26. The van der Waals surface area contributed by atoms with Crippen LogP contribution in [0.15, 0.2) is 15.5 Å². The molecule has 0 fully saturated rings. The van der Waals surface area contributed by atoms with Crippen molar-refractivity contribution >= 4 is 11.5 Å². The second-order valence-corrected chi connectivity index (χ2v) is 5.36. The van der Waals surface area contributed by atoms with E-state index in [4.69, 9.17) is 4.52 Å². The molecule has 2 aromatic rings. The molecule has 86 valence electrons. The van der Waals surface area contributed by atoms with Gasteiger partial charge in [0, 0.05) is 5.41 Å². The molecule has 0 aromatic carbocycles. The molecule has 0 atom stereocenters. The van der Waals surface area contributed by atoms with Crippen molar-refractivity contribution in [2.45, 2.75) is 32.7 Å². The molecule has 0 aliphatic heterocycles. The maximum atomic E-state index is 11.5. The van der Waals surface area contributed by atoms with E-state index in [9.17, 15) is 4.79 Å². The second-order valence-electron chi connectivity index (χ2n) is 4.49. The molecule has 0 radical (unpaired) electrons. The highest BCUT2D eigenvalue weighted by Crippen LogP contribution is 2.19. The first-order chi connectivity index (χ1) is 7.48. The van der Waals surface area contributed by atoms with Gasteiger partial charge in [0.05, 0.1) is 17.6 Å². The molecule has 2 aromatic heterocycles. The molecule has 0 N–H and O–H groups in total. The molecule has 0 bridgehead atoms. The Bertz CT molecular complexity index is 520. The fourth-order valence-corrected chi connectivity index (χ4v) is 1.84. The van der Waals surface area contributed by atoms with Gasteiger partial charge in [-0.3, -0.25) is 9.09 Å². The zero-order chi connectivity index (χ0) is 11.8. The molecule has 0 aliphatic carbocycles. The summed E-state index contributed by atoms with van der Waals surface area (Å²) in [5.74, 6) is 0.184. The van der Waals surface area contributed by atoms with Crippen molar-refractivity contribution < 1.29 is 4.52 Å². The summed E-state index contributed by atoms with van der Waals surface area (Å²) in [5, 5.41) is 7.53. The Morgan fingerprint density at radius 3 is 2.81 bits per heavy atom. The predicted molar refractivity (Wildman–Crippen MR) is 58.5 cm³/mol. The quantitative estimate of drug-likeness (QED) is 0.784. The van der Waals surface area contributed by atoms with Crippen LogP contribution >= 0.6 is 11.5 Å². The monoisotopic (exact) mass is 240 g/mol.